The predicted octanol–water partition coefficient (Wildman–Crippen LogP) is 2.62. The first-order valence-corrected chi connectivity index (χ1v) is 9.74. The molecule has 0 N–H and O–H groups in total. The summed E-state index contributed by atoms with van der Waals surface area (Å²) >= 11 is 0. The molecule has 8 heteroatoms. The molecule has 1 aliphatic heterocycles. The number of halogens is 1. The highest BCUT2D eigenvalue weighted by Gasteiger charge is 2.29. The van der Waals surface area contributed by atoms with Crippen LogP contribution in [0.25, 0.3) is 0 Å². The van der Waals surface area contributed by atoms with Crippen molar-refractivity contribution in [3.8, 4) is 0 Å². The van der Waals surface area contributed by atoms with E-state index in [4.69, 9.17) is 0 Å². The molecule has 0 bridgehead atoms. The van der Waals surface area contributed by atoms with Crippen molar-refractivity contribution in [2.45, 2.75) is 18.2 Å². The molecule has 0 atom stereocenters. The molecule has 1 amide bonds. The quantitative estimate of drug-likeness (QED) is 0.807. The topological polar surface area (TPSA) is 74.8 Å². The number of Topliss-reactive ketones (excluding diaryl/α,β-unsaturated/α-hetero) is 1. The number of rotatable bonds is 3. The Morgan fingerprint density at radius 2 is 1.85 bits per heavy atom. The fourth-order valence-electron chi connectivity index (χ4n) is 3.01. The Labute approximate surface area is 157 Å². The van der Waals surface area contributed by atoms with Gasteiger partial charge >= 0.3 is 0 Å². The number of aryl methyl sites for hydroxylation is 1. The van der Waals surface area contributed by atoms with Crippen LogP contribution in [0.3, 0.4) is 0 Å². The standard InChI is InChI=1S/C19H19FN2O4S/c1-12-4-5-13(10-18(12)27(25,26)21(2)3)19(24)22-9-8-17(23)15-11-14(20)6-7-16(15)22/h4-7,10-11H,8-9H2,1-3H3. The number of sulfonamides is 1. The Morgan fingerprint density at radius 1 is 1.15 bits per heavy atom. The summed E-state index contributed by atoms with van der Waals surface area (Å²) in [6.45, 7) is 1.81. The largest absolute Gasteiger partial charge is 0.307 e. The number of amides is 1. The van der Waals surface area contributed by atoms with E-state index in [1.54, 1.807) is 19.1 Å². The fourth-order valence-corrected chi connectivity index (χ4v) is 4.15. The molecule has 3 rings (SSSR count). The van der Waals surface area contributed by atoms with Gasteiger partial charge in [-0.3, -0.25) is 9.59 Å². The summed E-state index contributed by atoms with van der Waals surface area (Å²) < 4.78 is 39.6. The molecular formula is C19H19FN2O4S. The van der Waals surface area contributed by atoms with Crippen LogP contribution < -0.4 is 4.90 Å². The molecule has 2 aromatic carbocycles. The highest BCUT2D eigenvalue weighted by Crippen LogP contribution is 2.30. The van der Waals surface area contributed by atoms with E-state index in [9.17, 15) is 22.4 Å². The first-order chi connectivity index (χ1) is 12.6. The maximum absolute atomic E-state index is 13.5. The second-order valence-electron chi connectivity index (χ2n) is 6.56. The lowest BCUT2D eigenvalue weighted by Gasteiger charge is -2.29. The van der Waals surface area contributed by atoms with Crippen molar-refractivity contribution < 1.29 is 22.4 Å². The van der Waals surface area contributed by atoms with E-state index in [2.05, 4.69) is 0 Å². The number of ketones is 1. The highest BCUT2D eigenvalue weighted by atomic mass is 32.2. The van der Waals surface area contributed by atoms with E-state index in [-0.39, 0.29) is 34.8 Å². The van der Waals surface area contributed by atoms with Crippen LogP contribution in [0.15, 0.2) is 41.3 Å². The number of anilines is 1. The van der Waals surface area contributed by atoms with Gasteiger partial charge in [0.25, 0.3) is 5.91 Å². The van der Waals surface area contributed by atoms with Gasteiger partial charge in [0.05, 0.1) is 10.6 Å². The molecule has 0 saturated heterocycles. The second kappa shape index (κ2) is 6.86. The Bertz CT molecular complexity index is 1050. The van der Waals surface area contributed by atoms with Crippen LogP contribution in [0.1, 0.15) is 32.7 Å². The maximum atomic E-state index is 13.5. The van der Waals surface area contributed by atoms with Crippen molar-refractivity contribution in [1.29, 1.82) is 0 Å². The summed E-state index contributed by atoms with van der Waals surface area (Å²) in [6, 6.07) is 8.16. The van der Waals surface area contributed by atoms with Gasteiger partial charge in [-0.15, -0.1) is 0 Å². The maximum Gasteiger partial charge on any atom is 0.258 e. The summed E-state index contributed by atoms with van der Waals surface area (Å²) in [5.74, 6) is -1.22. The zero-order valence-corrected chi connectivity index (χ0v) is 16.0. The zero-order valence-electron chi connectivity index (χ0n) is 15.2. The molecule has 0 radical (unpaired) electrons. The third kappa shape index (κ3) is 3.38. The number of nitrogens with zero attached hydrogens (tertiary/aromatic N) is 2. The van der Waals surface area contributed by atoms with Gasteiger partial charge in [-0.1, -0.05) is 6.07 Å². The van der Waals surface area contributed by atoms with Crippen molar-refractivity contribution in [2.75, 3.05) is 25.5 Å². The lowest BCUT2D eigenvalue weighted by molar-refractivity contribution is 0.0954. The Kier molecular flexibility index (Phi) is 4.88. The van der Waals surface area contributed by atoms with Crippen LogP contribution in [0.5, 0.6) is 0 Å². The molecule has 0 fully saturated rings. The predicted molar refractivity (Wildman–Crippen MR) is 99.1 cm³/mol. The molecule has 0 unspecified atom stereocenters. The van der Waals surface area contributed by atoms with Gasteiger partial charge in [0.2, 0.25) is 10.0 Å². The zero-order chi connectivity index (χ0) is 19.9. The minimum absolute atomic E-state index is 0.0470. The molecule has 0 saturated carbocycles. The first kappa shape index (κ1) is 19.2. The molecule has 27 heavy (non-hydrogen) atoms. The van der Waals surface area contributed by atoms with E-state index < -0.39 is 21.7 Å². The first-order valence-electron chi connectivity index (χ1n) is 8.30. The summed E-state index contributed by atoms with van der Waals surface area (Å²) in [7, 11) is -0.868. The normalized spacial score (nSPS) is 14.4. The molecule has 1 heterocycles. The average molecular weight is 390 g/mol. The summed E-state index contributed by atoms with van der Waals surface area (Å²) in [5, 5.41) is 0. The van der Waals surface area contributed by atoms with Crippen LogP contribution in [-0.4, -0.2) is 45.1 Å². The Morgan fingerprint density at radius 3 is 2.52 bits per heavy atom. The lowest BCUT2D eigenvalue weighted by atomic mass is 9.99. The van der Waals surface area contributed by atoms with Crippen LogP contribution in [0.2, 0.25) is 0 Å². The molecule has 2 aromatic rings. The highest BCUT2D eigenvalue weighted by molar-refractivity contribution is 7.89. The number of hydrogen-bond acceptors (Lipinski definition) is 4. The van der Waals surface area contributed by atoms with Gasteiger partial charge in [0, 0.05) is 38.2 Å². The van der Waals surface area contributed by atoms with Crippen molar-refractivity contribution in [2.24, 2.45) is 0 Å². The van der Waals surface area contributed by atoms with Crippen molar-refractivity contribution in [3.63, 3.8) is 0 Å². The van der Waals surface area contributed by atoms with Crippen molar-refractivity contribution >= 4 is 27.4 Å². The third-order valence-electron chi connectivity index (χ3n) is 4.55. The van der Waals surface area contributed by atoms with E-state index >= 15 is 0 Å². The Hall–Kier alpha value is -2.58. The number of fused-ring (bicyclic) bond motifs is 1. The summed E-state index contributed by atoms with van der Waals surface area (Å²) in [6.07, 6.45) is 0.0803. The molecule has 142 valence electrons. The van der Waals surface area contributed by atoms with E-state index in [0.29, 0.717) is 11.3 Å². The molecule has 1 aliphatic rings. The van der Waals surface area contributed by atoms with Gasteiger partial charge in [0.15, 0.2) is 5.78 Å². The number of carbonyl (C=O) groups excluding carboxylic acids is 2. The third-order valence-corrected chi connectivity index (χ3v) is 6.51. The molecular weight excluding hydrogens is 371 g/mol. The summed E-state index contributed by atoms with van der Waals surface area (Å²) in [4.78, 5) is 26.5. The molecule has 6 nitrogen and oxygen atoms in total. The minimum Gasteiger partial charge on any atom is -0.307 e. The SMILES string of the molecule is Cc1ccc(C(=O)N2CCC(=O)c3cc(F)ccc32)cc1S(=O)(=O)N(C)C. The van der Waals surface area contributed by atoms with Gasteiger partial charge < -0.3 is 4.90 Å². The van der Waals surface area contributed by atoms with Crippen LogP contribution >= 0.6 is 0 Å². The monoisotopic (exact) mass is 390 g/mol. The van der Waals surface area contributed by atoms with Crippen LogP contribution in [0, 0.1) is 12.7 Å². The minimum atomic E-state index is -3.71. The molecule has 0 spiro atoms. The molecule has 0 aromatic heterocycles. The van der Waals surface area contributed by atoms with E-state index in [0.717, 1.165) is 10.4 Å². The number of carbonyl (C=O) groups is 2. The number of hydrogen-bond donors (Lipinski definition) is 0. The van der Waals surface area contributed by atoms with Gasteiger partial charge in [0.1, 0.15) is 5.82 Å². The smallest absolute Gasteiger partial charge is 0.258 e. The van der Waals surface area contributed by atoms with Crippen molar-refractivity contribution in [3.05, 3.63) is 58.9 Å². The van der Waals surface area contributed by atoms with Crippen molar-refractivity contribution in [1.82, 2.24) is 4.31 Å². The number of benzene rings is 2. The van der Waals surface area contributed by atoms with E-state index in [1.807, 2.05) is 0 Å². The van der Waals surface area contributed by atoms with Gasteiger partial charge in [-0.25, -0.2) is 17.1 Å². The van der Waals surface area contributed by atoms with Gasteiger partial charge in [-0.05, 0) is 42.8 Å². The lowest BCUT2D eigenvalue weighted by Crippen LogP contribution is -2.37. The summed E-state index contributed by atoms with van der Waals surface area (Å²) in [5.41, 5.74) is 1.19. The average Bonchev–Trinajstić information content (AvgIpc) is 2.62. The van der Waals surface area contributed by atoms with E-state index in [1.165, 1.54) is 37.2 Å². The fraction of sp³-hybridized carbons (Fsp3) is 0.263. The van der Waals surface area contributed by atoms with Crippen LogP contribution in [0.4, 0.5) is 10.1 Å². The van der Waals surface area contributed by atoms with Gasteiger partial charge in [-0.2, -0.15) is 0 Å². The van der Waals surface area contributed by atoms with Crippen LogP contribution in [-0.2, 0) is 10.0 Å². The molecule has 0 aliphatic carbocycles. The second-order valence-corrected chi connectivity index (χ2v) is 8.68. The Balaban J connectivity index is 2.06.